The molecule has 2 aliphatic rings. The molecule has 0 amide bonds. The van der Waals surface area contributed by atoms with Gasteiger partial charge in [0.05, 0.1) is 0 Å². The fourth-order valence-electron chi connectivity index (χ4n) is 4.60. The molecule has 1 aliphatic carbocycles. The number of fused-ring (bicyclic) bond motifs is 2. The smallest absolute Gasteiger partial charge is 0.0175 e. The molecule has 0 N–H and O–H groups in total. The zero-order chi connectivity index (χ0) is 17.4. The van der Waals surface area contributed by atoms with Gasteiger partial charge in [-0.3, -0.25) is 4.90 Å². The van der Waals surface area contributed by atoms with Crippen LogP contribution in [-0.2, 0) is 12.8 Å². The van der Waals surface area contributed by atoms with Crippen molar-refractivity contribution in [1.29, 1.82) is 0 Å². The zero-order valence-corrected chi connectivity index (χ0v) is 15.7. The Morgan fingerprint density at radius 3 is 1.96 bits per heavy atom. The summed E-state index contributed by atoms with van der Waals surface area (Å²) in [7, 11) is 0. The number of nitrogens with zero attached hydrogens (tertiary/aromatic N) is 1. The van der Waals surface area contributed by atoms with Crippen LogP contribution in [0.5, 0.6) is 0 Å². The number of benzene rings is 2. The normalized spacial score (nSPS) is 26.0. The van der Waals surface area contributed by atoms with Gasteiger partial charge in [-0.15, -0.1) is 0 Å². The summed E-state index contributed by atoms with van der Waals surface area (Å²) >= 11 is 0. The molecule has 0 aromatic heterocycles. The Balaban J connectivity index is 1.73. The van der Waals surface area contributed by atoms with E-state index in [1.807, 2.05) is 0 Å². The van der Waals surface area contributed by atoms with Crippen molar-refractivity contribution in [2.45, 2.75) is 39.7 Å². The molecule has 1 aliphatic heterocycles. The van der Waals surface area contributed by atoms with E-state index in [4.69, 9.17) is 0 Å². The number of aryl methyl sites for hydroxylation is 2. The standard InChI is InChI=1S/C24H29N/c1-17-16-25(19(3)18(17)2)15-14-24-22-10-6-4-8-20(22)12-13-21-9-5-7-11-23(21)24/h4-11,14,17-19H,12-13,15-16H2,1-3H3. The van der Waals surface area contributed by atoms with Gasteiger partial charge in [-0.05, 0) is 59.4 Å². The molecule has 0 bridgehead atoms. The summed E-state index contributed by atoms with van der Waals surface area (Å²) < 4.78 is 0. The molecule has 25 heavy (non-hydrogen) atoms. The Morgan fingerprint density at radius 1 is 0.880 bits per heavy atom. The Labute approximate surface area is 152 Å². The third-order valence-electron chi connectivity index (χ3n) is 6.57. The lowest BCUT2D eigenvalue weighted by Crippen LogP contribution is -2.29. The van der Waals surface area contributed by atoms with Crippen LogP contribution in [0.1, 0.15) is 43.0 Å². The lowest BCUT2D eigenvalue weighted by atomic mass is 9.93. The average molecular weight is 332 g/mol. The molecule has 130 valence electrons. The fourth-order valence-corrected chi connectivity index (χ4v) is 4.60. The summed E-state index contributed by atoms with van der Waals surface area (Å²) in [6, 6.07) is 18.6. The van der Waals surface area contributed by atoms with Crippen LogP contribution in [0.2, 0.25) is 0 Å². The highest BCUT2D eigenvalue weighted by atomic mass is 15.2. The van der Waals surface area contributed by atoms with Crippen molar-refractivity contribution in [1.82, 2.24) is 4.90 Å². The Bertz CT molecular complexity index is 739. The van der Waals surface area contributed by atoms with Crippen molar-refractivity contribution in [3.05, 3.63) is 76.9 Å². The first kappa shape index (κ1) is 16.6. The van der Waals surface area contributed by atoms with Crippen LogP contribution in [0.15, 0.2) is 54.6 Å². The molecule has 2 aromatic rings. The third kappa shape index (κ3) is 3.06. The van der Waals surface area contributed by atoms with E-state index < -0.39 is 0 Å². The number of rotatable bonds is 2. The first-order valence-electron chi connectivity index (χ1n) is 9.76. The maximum absolute atomic E-state index is 2.65. The first-order chi connectivity index (χ1) is 12.1. The number of hydrogen-bond acceptors (Lipinski definition) is 1. The van der Waals surface area contributed by atoms with E-state index in [1.165, 1.54) is 34.4 Å². The molecule has 1 heteroatoms. The van der Waals surface area contributed by atoms with Crippen molar-refractivity contribution < 1.29 is 0 Å². The zero-order valence-electron chi connectivity index (χ0n) is 15.7. The van der Waals surface area contributed by atoms with Crippen LogP contribution in [0.3, 0.4) is 0 Å². The molecule has 3 atom stereocenters. The minimum absolute atomic E-state index is 0.670. The number of hydrogen-bond donors (Lipinski definition) is 0. The molecule has 0 radical (unpaired) electrons. The van der Waals surface area contributed by atoms with Gasteiger partial charge >= 0.3 is 0 Å². The van der Waals surface area contributed by atoms with Gasteiger partial charge in [-0.1, -0.05) is 68.5 Å². The predicted molar refractivity (Wildman–Crippen MR) is 107 cm³/mol. The minimum Gasteiger partial charge on any atom is -0.296 e. The molecule has 0 saturated carbocycles. The summed E-state index contributed by atoms with van der Waals surface area (Å²) in [5.41, 5.74) is 7.27. The van der Waals surface area contributed by atoms with Gasteiger partial charge in [0.1, 0.15) is 0 Å². The van der Waals surface area contributed by atoms with Crippen LogP contribution in [0, 0.1) is 11.8 Å². The summed E-state index contributed by atoms with van der Waals surface area (Å²) in [4.78, 5) is 2.65. The van der Waals surface area contributed by atoms with E-state index in [9.17, 15) is 0 Å². The van der Waals surface area contributed by atoms with Crippen LogP contribution < -0.4 is 0 Å². The van der Waals surface area contributed by atoms with Gasteiger partial charge in [0.25, 0.3) is 0 Å². The first-order valence-corrected chi connectivity index (χ1v) is 9.76. The van der Waals surface area contributed by atoms with Crippen molar-refractivity contribution in [3.8, 4) is 0 Å². The summed E-state index contributed by atoms with van der Waals surface area (Å²) in [5, 5.41) is 0. The lowest BCUT2D eigenvalue weighted by Gasteiger charge is -2.22. The SMILES string of the molecule is CC1CN(CC=C2c3ccccc3CCc3ccccc32)C(C)C1C. The maximum Gasteiger partial charge on any atom is 0.0175 e. The summed E-state index contributed by atoms with van der Waals surface area (Å²) in [6.45, 7) is 9.45. The Hall–Kier alpha value is -1.86. The van der Waals surface area contributed by atoms with Gasteiger partial charge in [0, 0.05) is 19.1 Å². The van der Waals surface area contributed by atoms with Crippen molar-refractivity contribution in [2.75, 3.05) is 13.1 Å². The molecule has 3 unspecified atom stereocenters. The van der Waals surface area contributed by atoms with Crippen LogP contribution in [-0.4, -0.2) is 24.0 Å². The van der Waals surface area contributed by atoms with Crippen molar-refractivity contribution in [3.63, 3.8) is 0 Å². The second-order valence-electron chi connectivity index (χ2n) is 7.96. The van der Waals surface area contributed by atoms with Gasteiger partial charge in [0.15, 0.2) is 0 Å². The summed E-state index contributed by atoms with van der Waals surface area (Å²) in [5.74, 6) is 1.58. The molecule has 1 nitrogen and oxygen atoms in total. The van der Waals surface area contributed by atoms with E-state index in [0.29, 0.717) is 6.04 Å². The second kappa shape index (κ2) is 6.80. The molecule has 4 rings (SSSR count). The molecule has 2 aromatic carbocycles. The largest absolute Gasteiger partial charge is 0.296 e. The topological polar surface area (TPSA) is 3.24 Å². The van der Waals surface area contributed by atoms with E-state index >= 15 is 0 Å². The summed E-state index contributed by atoms with van der Waals surface area (Å²) in [6.07, 6.45) is 4.77. The second-order valence-corrected chi connectivity index (χ2v) is 7.96. The van der Waals surface area contributed by atoms with Crippen LogP contribution >= 0.6 is 0 Å². The van der Waals surface area contributed by atoms with Crippen LogP contribution in [0.4, 0.5) is 0 Å². The lowest BCUT2D eigenvalue weighted by molar-refractivity contribution is 0.273. The van der Waals surface area contributed by atoms with Gasteiger partial charge < -0.3 is 0 Å². The van der Waals surface area contributed by atoms with E-state index in [0.717, 1.165) is 31.2 Å². The average Bonchev–Trinajstić information content (AvgIpc) is 2.81. The van der Waals surface area contributed by atoms with E-state index in [-0.39, 0.29) is 0 Å². The molecule has 1 heterocycles. The highest BCUT2D eigenvalue weighted by Gasteiger charge is 2.32. The predicted octanol–water partition coefficient (Wildman–Crippen LogP) is 5.19. The third-order valence-corrected chi connectivity index (χ3v) is 6.57. The number of likely N-dealkylation sites (tertiary alicyclic amines) is 1. The van der Waals surface area contributed by atoms with Crippen LogP contribution in [0.25, 0.3) is 5.57 Å². The molecule has 1 fully saturated rings. The Morgan fingerprint density at radius 2 is 1.44 bits per heavy atom. The molecular weight excluding hydrogens is 302 g/mol. The molecular formula is C24H29N. The monoisotopic (exact) mass is 331 g/mol. The van der Waals surface area contributed by atoms with Gasteiger partial charge in [0.2, 0.25) is 0 Å². The van der Waals surface area contributed by atoms with E-state index in [2.05, 4.69) is 80.3 Å². The molecule has 1 saturated heterocycles. The maximum atomic E-state index is 2.65. The molecule has 0 spiro atoms. The highest BCUT2D eigenvalue weighted by molar-refractivity contribution is 5.84. The van der Waals surface area contributed by atoms with E-state index in [1.54, 1.807) is 0 Å². The quantitative estimate of drug-likeness (QED) is 0.731. The van der Waals surface area contributed by atoms with Crippen molar-refractivity contribution >= 4 is 5.57 Å². The minimum atomic E-state index is 0.670. The fraction of sp³-hybridized carbons (Fsp3) is 0.417. The van der Waals surface area contributed by atoms with Gasteiger partial charge in [-0.25, -0.2) is 0 Å². The van der Waals surface area contributed by atoms with Gasteiger partial charge in [-0.2, -0.15) is 0 Å². The van der Waals surface area contributed by atoms with Crippen molar-refractivity contribution in [2.24, 2.45) is 11.8 Å². The highest BCUT2D eigenvalue weighted by Crippen LogP contribution is 2.34. The Kier molecular flexibility index (Phi) is 4.52.